The van der Waals surface area contributed by atoms with Crippen molar-refractivity contribution in [2.75, 3.05) is 18.0 Å². The molecule has 3 heterocycles. The van der Waals surface area contributed by atoms with E-state index in [2.05, 4.69) is 20.8 Å². The van der Waals surface area contributed by atoms with E-state index >= 15 is 0 Å². The first-order valence-electron chi connectivity index (χ1n) is 5.86. The van der Waals surface area contributed by atoms with Crippen molar-refractivity contribution in [1.82, 2.24) is 9.97 Å². The number of rotatable bonds is 1. The number of terminal acetylenes is 1. The molecule has 0 aromatic carbocycles. The lowest BCUT2D eigenvalue weighted by Crippen LogP contribution is -2.29. The normalized spacial score (nSPS) is 16.1. The molecule has 4 heteroatoms. The Morgan fingerprint density at radius 1 is 1.18 bits per heavy atom. The lowest BCUT2D eigenvalue weighted by Gasteiger charge is -2.25. The summed E-state index contributed by atoms with van der Waals surface area (Å²) in [5.41, 5.74) is 1.44. The predicted molar refractivity (Wildman–Crippen MR) is 71.4 cm³/mol. The Morgan fingerprint density at radius 3 is 2.76 bits per heavy atom. The molecular formula is C13H13N3S. The maximum Gasteiger partial charge on any atom is 0.188 e. The standard InChI is InChI=1S/C13H13N3S/c1-2-10-6-7-11-12(14-10)15-13(17-11)16-8-4-3-5-9-16/h1,6-7H,3-5,8-9H2. The molecule has 0 radical (unpaired) electrons. The first kappa shape index (κ1) is 10.5. The Hall–Kier alpha value is -1.60. The van der Waals surface area contributed by atoms with Crippen LogP contribution in [-0.4, -0.2) is 23.1 Å². The highest BCUT2D eigenvalue weighted by atomic mass is 32.1. The van der Waals surface area contributed by atoms with Crippen molar-refractivity contribution in [2.45, 2.75) is 19.3 Å². The molecular weight excluding hydrogens is 230 g/mol. The molecule has 2 aromatic rings. The fourth-order valence-corrected chi connectivity index (χ4v) is 3.07. The predicted octanol–water partition coefficient (Wildman–Crippen LogP) is 2.66. The van der Waals surface area contributed by atoms with Crippen LogP contribution in [0.3, 0.4) is 0 Å². The van der Waals surface area contributed by atoms with Gasteiger partial charge >= 0.3 is 0 Å². The quantitative estimate of drug-likeness (QED) is 0.721. The molecule has 0 aliphatic carbocycles. The molecule has 0 atom stereocenters. The fraction of sp³-hybridized carbons (Fsp3) is 0.385. The maximum atomic E-state index is 5.34. The molecule has 17 heavy (non-hydrogen) atoms. The molecule has 86 valence electrons. The molecule has 0 amide bonds. The summed E-state index contributed by atoms with van der Waals surface area (Å²) in [6.45, 7) is 2.23. The zero-order valence-corrected chi connectivity index (χ0v) is 10.3. The van der Waals surface area contributed by atoms with E-state index < -0.39 is 0 Å². The molecule has 1 aliphatic rings. The summed E-state index contributed by atoms with van der Waals surface area (Å²) in [7, 11) is 0. The second-order valence-corrected chi connectivity index (χ2v) is 5.22. The number of anilines is 1. The molecule has 1 saturated heterocycles. The minimum atomic E-state index is 0.660. The van der Waals surface area contributed by atoms with Crippen LogP contribution in [0.15, 0.2) is 12.1 Å². The van der Waals surface area contributed by atoms with Crippen molar-refractivity contribution in [2.24, 2.45) is 0 Å². The van der Waals surface area contributed by atoms with Crippen molar-refractivity contribution in [3.05, 3.63) is 17.8 Å². The average Bonchev–Trinajstić information content (AvgIpc) is 2.82. The van der Waals surface area contributed by atoms with Gasteiger partial charge in [-0.3, -0.25) is 0 Å². The van der Waals surface area contributed by atoms with E-state index in [-0.39, 0.29) is 0 Å². The highest BCUT2D eigenvalue weighted by Crippen LogP contribution is 2.29. The first-order valence-corrected chi connectivity index (χ1v) is 6.67. The van der Waals surface area contributed by atoms with Crippen molar-refractivity contribution in [3.63, 3.8) is 0 Å². The molecule has 0 saturated carbocycles. The molecule has 0 bridgehead atoms. The van der Waals surface area contributed by atoms with E-state index in [0.29, 0.717) is 5.69 Å². The second kappa shape index (κ2) is 4.34. The van der Waals surface area contributed by atoms with Gasteiger partial charge in [-0.2, -0.15) is 4.98 Å². The number of hydrogen-bond donors (Lipinski definition) is 0. The number of nitrogens with zero attached hydrogens (tertiary/aromatic N) is 3. The van der Waals surface area contributed by atoms with E-state index in [4.69, 9.17) is 6.42 Å². The maximum absolute atomic E-state index is 5.34. The van der Waals surface area contributed by atoms with E-state index in [1.54, 1.807) is 11.3 Å². The summed E-state index contributed by atoms with van der Waals surface area (Å²) in [6.07, 6.45) is 9.20. The zero-order valence-electron chi connectivity index (χ0n) is 9.52. The van der Waals surface area contributed by atoms with Crippen molar-refractivity contribution < 1.29 is 0 Å². The average molecular weight is 243 g/mol. The van der Waals surface area contributed by atoms with Gasteiger partial charge in [0.1, 0.15) is 5.69 Å². The Labute approximate surface area is 105 Å². The summed E-state index contributed by atoms with van der Waals surface area (Å²) in [6, 6.07) is 3.89. The molecule has 0 unspecified atom stereocenters. The van der Waals surface area contributed by atoms with Crippen LogP contribution < -0.4 is 4.90 Å². The van der Waals surface area contributed by atoms with Gasteiger partial charge in [-0.15, -0.1) is 6.42 Å². The monoisotopic (exact) mass is 243 g/mol. The Balaban J connectivity index is 1.98. The summed E-state index contributed by atoms with van der Waals surface area (Å²) in [5.74, 6) is 2.55. The van der Waals surface area contributed by atoms with Crippen molar-refractivity contribution in [1.29, 1.82) is 0 Å². The van der Waals surface area contributed by atoms with Crippen LogP contribution in [0, 0.1) is 12.3 Å². The van der Waals surface area contributed by atoms with Gasteiger partial charge in [0, 0.05) is 13.1 Å². The fourth-order valence-electron chi connectivity index (χ4n) is 2.11. The third-order valence-corrected chi connectivity index (χ3v) is 4.09. The topological polar surface area (TPSA) is 29.0 Å². The summed E-state index contributed by atoms with van der Waals surface area (Å²) < 4.78 is 1.12. The Morgan fingerprint density at radius 2 is 2.00 bits per heavy atom. The summed E-state index contributed by atoms with van der Waals surface area (Å²) in [4.78, 5) is 11.3. The number of piperidine rings is 1. The molecule has 2 aromatic heterocycles. The second-order valence-electron chi connectivity index (χ2n) is 4.21. The molecule has 1 fully saturated rings. The van der Waals surface area contributed by atoms with E-state index in [1.165, 1.54) is 19.3 Å². The van der Waals surface area contributed by atoms with Crippen LogP contribution in [0.2, 0.25) is 0 Å². The highest BCUT2D eigenvalue weighted by molar-refractivity contribution is 7.22. The Kier molecular flexibility index (Phi) is 2.69. The largest absolute Gasteiger partial charge is 0.348 e. The number of thiazole rings is 1. The van der Waals surface area contributed by atoms with Crippen LogP contribution in [0.5, 0.6) is 0 Å². The van der Waals surface area contributed by atoms with Gasteiger partial charge in [-0.25, -0.2) is 4.98 Å². The van der Waals surface area contributed by atoms with Crippen LogP contribution in [0.1, 0.15) is 25.0 Å². The molecule has 0 spiro atoms. The first-order chi connectivity index (χ1) is 8.36. The van der Waals surface area contributed by atoms with Gasteiger partial charge in [0.2, 0.25) is 0 Å². The van der Waals surface area contributed by atoms with Crippen LogP contribution in [0.25, 0.3) is 10.3 Å². The van der Waals surface area contributed by atoms with Gasteiger partial charge in [0.25, 0.3) is 0 Å². The van der Waals surface area contributed by atoms with Gasteiger partial charge in [-0.1, -0.05) is 17.3 Å². The highest BCUT2D eigenvalue weighted by Gasteiger charge is 2.15. The smallest absolute Gasteiger partial charge is 0.188 e. The molecule has 1 aliphatic heterocycles. The molecule has 3 nitrogen and oxygen atoms in total. The number of pyridine rings is 1. The Bertz CT molecular complexity index is 576. The van der Waals surface area contributed by atoms with Crippen molar-refractivity contribution in [3.8, 4) is 12.3 Å². The molecule has 3 rings (SSSR count). The lowest BCUT2D eigenvalue weighted by atomic mass is 10.1. The third-order valence-electron chi connectivity index (χ3n) is 3.02. The number of fused-ring (bicyclic) bond motifs is 1. The lowest BCUT2D eigenvalue weighted by molar-refractivity contribution is 0.577. The summed E-state index contributed by atoms with van der Waals surface area (Å²) >= 11 is 1.71. The minimum absolute atomic E-state index is 0.660. The molecule has 0 N–H and O–H groups in total. The zero-order chi connectivity index (χ0) is 11.7. The van der Waals surface area contributed by atoms with E-state index in [9.17, 15) is 0 Å². The van der Waals surface area contributed by atoms with Gasteiger partial charge in [0.05, 0.1) is 4.70 Å². The minimum Gasteiger partial charge on any atom is -0.348 e. The number of aromatic nitrogens is 2. The van der Waals surface area contributed by atoms with Gasteiger partial charge in [-0.05, 0) is 31.4 Å². The third kappa shape index (κ3) is 1.98. The van der Waals surface area contributed by atoms with Crippen LogP contribution >= 0.6 is 11.3 Å². The van der Waals surface area contributed by atoms with Crippen LogP contribution in [0.4, 0.5) is 5.13 Å². The van der Waals surface area contributed by atoms with Crippen molar-refractivity contribution >= 4 is 26.8 Å². The van der Waals surface area contributed by atoms with Gasteiger partial charge < -0.3 is 4.90 Å². The van der Waals surface area contributed by atoms with Crippen LogP contribution in [-0.2, 0) is 0 Å². The number of hydrogen-bond acceptors (Lipinski definition) is 4. The van der Waals surface area contributed by atoms with Gasteiger partial charge in [0.15, 0.2) is 10.8 Å². The summed E-state index contributed by atoms with van der Waals surface area (Å²) in [5, 5.41) is 1.08. The SMILES string of the molecule is C#Cc1ccc2sc(N3CCCCC3)nc2n1. The van der Waals surface area contributed by atoms with E-state index in [1.807, 2.05) is 12.1 Å². The van der Waals surface area contributed by atoms with E-state index in [0.717, 1.165) is 28.6 Å².